The van der Waals surface area contributed by atoms with E-state index in [0.717, 1.165) is 0 Å². The van der Waals surface area contributed by atoms with Crippen LogP contribution in [0, 0.1) is 0 Å². The highest BCUT2D eigenvalue weighted by atomic mass is 19.1. The second-order valence-electron chi connectivity index (χ2n) is 3.10. The van der Waals surface area contributed by atoms with Crippen molar-refractivity contribution >= 4 is 0 Å². The van der Waals surface area contributed by atoms with Crippen molar-refractivity contribution in [2.45, 2.75) is 12.8 Å². The number of rotatable bonds is 10. The number of ether oxygens (including phenoxy) is 3. The van der Waals surface area contributed by atoms with Gasteiger partial charge in [0.1, 0.15) is 13.3 Å². The summed E-state index contributed by atoms with van der Waals surface area (Å²) < 4.78 is 27.9. The SMILES string of the molecule is C=C(CC(F)OCN(C)OC)OCCOC. The van der Waals surface area contributed by atoms with E-state index in [2.05, 4.69) is 6.58 Å². The summed E-state index contributed by atoms with van der Waals surface area (Å²) in [6.07, 6.45) is -1.45. The van der Waals surface area contributed by atoms with Crippen LogP contribution in [0.2, 0.25) is 0 Å². The Bertz CT molecular complexity index is 192. The monoisotopic (exact) mass is 237 g/mol. The molecule has 16 heavy (non-hydrogen) atoms. The molecule has 1 unspecified atom stereocenters. The molecule has 0 aromatic carbocycles. The van der Waals surface area contributed by atoms with Gasteiger partial charge >= 0.3 is 0 Å². The third-order valence-electron chi connectivity index (χ3n) is 1.73. The van der Waals surface area contributed by atoms with Gasteiger partial charge in [-0.15, -0.1) is 0 Å². The fourth-order valence-electron chi connectivity index (χ4n) is 0.805. The lowest BCUT2D eigenvalue weighted by molar-refractivity contribution is -0.201. The number of hydroxylamine groups is 2. The van der Waals surface area contributed by atoms with Crippen molar-refractivity contribution < 1.29 is 23.4 Å². The molecule has 0 heterocycles. The van der Waals surface area contributed by atoms with Crippen LogP contribution in [-0.4, -0.2) is 52.6 Å². The minimum Gasteiger partial charge on any atom is -0.496 e. The van der Waals surface area contributed by atoms with Gasteiger partial charge in [0.25, 0.3) is 0 Å². The standard InChI is InChI=1S/C10H20FNO4/c1-9(15-6-5-13-3)7-10(11)16-8-12(2)14-4/h10H,1,5-8H2,2-4H3. The number of nitrogens with zero attached hydrogens (tertiary/aromatic N) is 1. The van der Waals surface area contributed by atoms with E-state index < -0.39 is 6.36 Å². The lowest BCUT2D eigenvalue weighted by Crippen LogP contribution is -2.23. The van der Waals surface area contributed by atoms with E-state index in [4.69, 9.17) is 19.0 Å². The third kappa shape index (κ3) is 8.60. The molecule has 0 rings (SSSR count). The molecule has 0 saturated carbocycles. The summed E-state index contributed by atoms with van der Waals surface area (Å²) >= 11 is 0. The number of halogens is 1. The van der Waals surface area contributed by atoms with Gasteiger partial charge in [-0.3, -0.25) is 0 Å². The Kier molecular flexibility index (Phi) is 9.12. The molecule has 0 aromatic rings. The molecule has 1 atom stereocenters. The summed E-state index contributed by atoms with van der Waals surface area (Å²) in [5.74, 6) is 0.338. The van der Waals surface area contributed by atoms with Crippen molar-refractivity contribution in [1.29, 1.82) is 0 Å². The second-order valence-corrected chi connectivity index (χ2v) is 3.10. The van der Waals surface area contributed by atoms with Crippen LogP contribution in [0.4, 0.5) is 4.39 Å². The van der Waals surface area contributed by atoms with Gasteiger partial charge in [-0.1, -0.05) is 6.58 Å². The first-order chi connectivity index (χ1) is 7.60. The van der Waals surface area contributed by atoms with Crippen LogP contribution in [-0.2, 0) is 19.0 Å². The lowest BCUT2D eigenvalue weighted by Gasteiger charge is -2.16. The Morgan fingerprint density at radius 2 is 2.06 bits per heavy atom. The average Bonchev–Trinajstić information content (AvgIpc) is 2.26. The summed E-state index contributed by atoms with van der Waals surface area (Å²) in [5.41, 5.74) is 0. The maximum Gasteiger partial charge on any atom is 0.207 e. The molecule has 0 aliphatic rings. The molecule has 0 aliphatic carbocycles. The topological polar surface area (TPSA) is 40.2 Å². The minimum absolute atomic E-state index is 0.00126. The molecule has 0 aliphatic heterocycles. The molecule has 5 nitrogen and oxygen atoms in total. The highest BCUT2D eigenvalue weighted by molar-refractivity contribution is 4.83. The first-order valence-electron chi connectivity index (χ1n) is 4.90. The summed E-state index contributed by atoms with van der Waals surface area (Å²) in [6, 6.07) is 0. The smallest absolute Gasteiger partial charge is 0.207 e. The molecule has 0 amide bonds. The normalized spacial score (nSPS) is 12.8. The fraction of sp³-hybridized carbons (Fsp3) is 0.800. The molecule has 0 bridgehead atoms. The van der Waals surface area contributed by atoms with Gasteiger partial charge in [-0.2, -0.15) is 5.06 Å². The quantitative estimate of drug-likeness (QED) is 0.248. The van der Waals surface area contributed by atoms with E-state index in [-0.39, 0.29) is 13.2 Å². The maximum atomic E-state index is 13.2. The van der Waals surface area contributed by atoms with Crippen molar-refractivity contribution in [3.63, 3.8) is 0 Å². The molecule has 0 fully saturated rings. The van der Waals surface area contributed by atoms with Crippen molar-refractivity contribution in [3.05, 3.63) is 12.3 Å². The van der Waals surface area contributed by atoms with Gasteiger partial charge in [0, 0.05) is 14.2 Å². The Morgan fingerprint density at radius 3 is 2.62 bits per heavy atom. The van der Waals surface area contributed by atoms with Gasteiger partial charge in [0.2, 0.25) is 6.36 Å². The zero-order valence-corrected chi connectivity index (χ0v) is 10.1. The highest BCUT2D eigenvalue weighted by Crippen LogP contribution is 2.09. The fourth-order valence-corrected chi connectivity index (χ4v) is 0.805. The summed E-state index contributed by atoms with van der Waals surface area (Å²) in [5, 5.41) is 1.36. The molecule has 0 aromatic heterocycles. The van der Waals surface area contributed by atoms with E-state index >= 15 is 0 Å². The van der Waals surface area contributed by atoms with Crippen molar-refractivity contribution in [1.82, 2.24) is 5.06 Å². The Morgan fingerprint density at radius 1 is 1.38 bits per heavy atom. The molecule has 0 N–H and O–H groups in total. The van der Waals surface area contributed by atoms with E-state index in [9.17, 15) is 4.39 Å². The van der Waals surface area contributed by atoms with Gasteiger partial charge in [0.15, 0.2) is 0 Å². The van der Waals surface area contributed by atoms with E-state index in [0.29, 0.717) is 19.0 Å². The van der Waals surface area contributed by atoms with Crippen molar-refractivity contribution in [2.75, 3.05) is 41.2 Å². The number of alkyl halides is 1. The molecule has 96 valence electrons. The molecule has 0 saturated heterocycles. The summed E-state index contributed by atoms with van der Waals surface area (Å²) in [4.78, 5) is 4.76. The Balaban J connectivity index is 3.53. The summed E-state index contributed by atoms with van der Waals surface area (Å²) in [6.45, 7) is 4.42. The van der Waals surface area contributed by atoms with Crippen LogP contribution in [0.3, 0.4) is 0 Å². The number of hydrogen-bond donors (Lipinski definition) is 0. The zero-order valence-electron chi connectivity index (χ0n) is 10.1. The van der Waals surface area contributed by atoms with E-state index in [1.54, 1.807) is 14.2 Å². The van der Waals surface area contributed by atoms with Crippen molar-refractivity contribution in [3.8, 4) is 0 Å². The average molecular weight is 237 g/mol. The first kappa shape index (κ1) is 15.3. The van der Waals surface area contributed by atoms with Crippen LogP contribution in [0.5, 0.6) is 0 Å². The second kappa shape index (κ2) is 9.53. The van der Waals surface area contributed by atoms with Crippen LogP contribution in [0.25, 0.3) is 0 Å². The Labute approximate surface area is 95.7 Å². The number of hydrogen-bond acceptors (Lipinski definition) is 5. The summed E-state index contributed by atoms with van der Waals surface area (Å²) in [7, 11) is 4.67. The van der Waals surface area contributed by atoms with E-state index in [1.165, 1.54) is 12.2 Å². The van der Waals surface area contributed by atoms with Crippen LogP contribution in [0.15, 0.2) is 12.3 Å². The van der Waals surface area contributed by atoms with Gasteiger partial charge in [-0.25, -0.2) is 4.39 Å². The van der Waals surface area contributed by atoms with Gasteiger partial charge in [-0.05, 0) is 0 Å². The Hall–Kier alpha value is -0.690. The lowest BCUT2D eigenvalue weighted by atomic mass is 10.4. The van der Waals surface area contributed by atoms with E-state index in [1.807, 2.05) is 0 Å². The predicted octanol–water partition coefficient (Wildman–Crippen LogP) is 1.32. The van der Waals surface area contributed by atoms with Gasteiger partial charge in [0.05, 0.1) is 25.9 Å². The largest absolute Gasteiger partial charge is 0.496 e. The number of methoxy groups -OCH3 is 1. The molecule has 0 radical (unpaired) electrons. The zero-order chi connectivity index (χ0) is 12.4. The first-order valence-corrected chi connectivity index (χ1v) is 4.90. The van der Waals surface area contributed by atoms with Crippen LogP contribution in [0.1, 0.15) is 6.42 Å². The van der Waals surface area contributed by atoms with Crippen LogP contribution < -0.4 is 0 Å². The molecule has 6 heteroatoms. The third-order valence-corrected chi connectivity index (χ3v) is 1.73. The maximum absolute atomic E-state index is 13.2. The van der Waals surface area contributed by atoms with Crippen molar-refractivity contribution in [2.24, 2.45) is 0 Å². The molecular formula is C10H20FNO4. The highest BCUT2D eigenvalue weighted by Gasteiger charge is 2.10. The molecular weight excluding hydrogens is 217 g/mol. The van der Waals surface area contributed by atoms with Gasteiger partial charge < -0.3 is 19.0 Å². The van der Waals surface area contributed by atoms with Crippen LogP contribution >= 0.6 is 0 Å². The molecule has 0 spiro atoms. The predicted molar refractivity (Wildman–Crippen MR) is 57.2 cm³/mol. The minimum atomic E-state index is -1.45.